The molecule has 1 unspecified atom stereocenters. The van der Waals surface area contributed by atoms with Gasteiger partial charge in [-0.05, 0) is 33.6 Å². The second-order valence-electron chi connectivity index (χ2n) is 6.71. The third-order valence-electron chi connectivity index (χ3n) is 3.65. The van der Waals surface area contributed by atoms with Gasteiger partial charge in [-0.3, -0.25) is 0 Å². The average Bonchev–Trinajstić information content (AvgIpc) is 2.36. The number of hydrogen-bond donors (Lipinski definition) is 1. The molecule has 0 spiro atoms. The van der Waals surface area contributed by atoms with Crippen LogP contribution in [0.1, 0.15) is 53.0 Å². The van der Waals surface area contributed by atoms with Gasteiger partial charge in [-0.1, -0.05) is 13.8 Å². The van der Waals surface area contributed by atoms with Crippen molar-refractivity contribution in [3.63, 3.8) is 0 Å². The molecule has 1 fully saturated rings. The van der Waals surface area contributed by atoms with E-state index in [1.165, 1.54) is 5.56 Å². The quantitative estimate of drug-likeness (QED) is 0.924. The highest BCUT2D eigenvalue weighted by molar-refractivity contribution is 5.60. The van der Waals surface area contributed by atoms with E-state index in [9.17, 15) is 0 Å². The number of rotatable bonds is 4. The molecule has 118 valence electrons. The van der Waals surface area contributed by atoms with E-state index >= 15 is 0 Å². The number of hydrogen-bond acceptors (Lipinski definition) is 5. The molecule has 1 aromatic heterocycles. The highest BCUT2D eigenvalue weighted by Crippen LogP contribution is 2.33. The Hall–Kier alpha value is -1.36. The van der Waals surface area contributed by atoms with Gasteiger partial charge in [-0.2, -0.15) is 0 Å². The fraction of sp³-hybridized carbons (Fsp3) is 0.750. The molecule has 2 heterocycles. The fourth-order valence-electron chi connectivity index (χ4n) is 3.09. The highest BCUT2D eigenvalue weighted by Gasteiger charge is 2.33. The first-order chi connectivity index (χ1) is 9.84. The third-order valence-corrected chi connectivity index (χ3v) is 3.65. The zero-order valence-electron chi connectivity index (χ0n) is 14.1. The maximum Gasteiger partial charge on any atom is 0.137 e. The van der Waals surface area contributed by atoms with Crippen molar-refractivity contribution < 1.29 is 4.74 Å². The van der Waals surface area contributed by atoms with Crippen LogP contribution >= 0.6 is 0 Å². The molecule has 0 saturated carbocycles. The second-order valence-corrected chi connectivity index (χ2v) is 6.71. The topological polar surface area (TPSA) is 50.3 Å². The molecular formula is C16H28N4O. The van der Waals surface area contributed by atoms with E-state index in [1.54, 1.807) is 6.33 Å². The monoisotopic (exact) mass is 292 g/mol. The molecule has 0 amide bonds. The lowest BCUT2D eigenvalue weighted by molar-refractivity contribution is -0.0752. The van der Waals surface area contributed by atoms with Gasteiger partial charge in [0, 0.05) is 25.2 Å². The molecule has 1 atom stereocenters. The van der Waals surface area contributed by atoms with Gasteiger partial charge in [0.2, 0.25) is 0 Å². The smallest absolute Gasteiger partial charge is 0.137 e. The first kappa shape index (κ1) is 16.0. The molecule has 1 aliphatic rings. The Balaban J connectivity index is 2.40. The number of nitrogens with one attached hydrogen (secondary N) is 1. The molecule has 1 aliphatic heterocycles. The SMILES string of the molecule is CCNc1ncnc(N2CC(C)OC(C)(C)C2)c1C(C)C. The number of anilines is 2. The fourth-order valence-corrected chi connectivity index (χ4v) is 3.09. The third kappa shape index (κ3) is 3.64. The molecule has 1 N–H and O–H groups in total. The van der Waals surface area contributed by atoms with Crippen LogP contribution in [-0.4, -0.2) is 41.3 Å². The maximum atomic E-state index is 6.00. The van der Waals surface area contributed by atoms with Gasteiger partial charge in [0.1, 0.15) is 18.0 Å². The predicted octanol–water partition coefficient (Wildman–Crippen LogP) is 3.04. The molecule has 1 saturated heterocycles. The zero-order chi connectivity index (χ0) is 15.6. The normalized spacial score (nSPS) is 21.7. The predicted molar refractivity (Wildman–Crippen MR) is 87.1 cm³/mol. The number of ether oxygens (including phenoxy) is 1. The summed E-state index contributed by atoms with van der Waals surface area (Å²) in [5, 5.41) is 3.36. The summed E-state index contributed by atoms with van der Waals surface area (Å²) in [5.74, 6) is 2.37. The van der Waals surface area contributed by atoms with Crippen LogP contribution in [0.25, 0.3) is 0 Å². The van der Waals surface area contributed by atoms with Crippen molar-refractivity contribution in [1.82, 2.24) is 9.97 Å². The van der Waals surface area contributed by atoms with Crippen LogP contribution in [0.2, 0.25) is 0 Å². The first-order valence-corrected chi connectivity index (χ1v) is 7.85. The Morgan fingerprint density at radius 2 is 2.14 bits per heavy atom. The summed E-state index contributed by atoms with van der Waals surface area (Å²) in [5.41, 5.74) is 1.04. The van der Waals surface area contributed by atoms with E-state index in [2.05, 4.69) is 61.7 Å². The maximum absolute atomic E-state index is 6.00. The summed E-state index contributed by atoms with van der Waals surface area (Å²) in [6.45, 7) is 15.4. The van der Waals surface area contributed by atoms with Crippen molar-refractivity contribution in [1.29, 1.82) is 0 Å². The van der Waals surface area contributed by atoms with Crippen molar-refractivity contribution in [3.8, 4) is 0 Å². The van der Waals surface area contributed by atoms with E-state index in [0.29, 0.717) is 5.92 Å². The molecular weight excluding hydrogens is 264 g/mol. The molecule has 0 aliphatic carbocycles. The van der Waals surface area contributed by atoms with Crippen LogP contribution < -0.4 is 10.2 Å². The Kier molecular flexibility index (Phi) is 4.71. The summed E-state index contributed by atoms with van der Waals surface area (Å²) in [6, 6.07) is 0. The highest BCUT2D eigenvalue weighted by atomic mass is 16.5. The summed E-state index contributed by atoms with van der Waals surface area (Å²) in [6.07, 6.45) is 1.86. The van der Waals surface area contributed by atoms with Crippen molar-refractivity contribution in [2.24, 2.45) is 0 Å². The molecule has 0 radical (unpaired) electrons. The van der Waals surface area contributed by atoms with Gasteiger partial charge in [0.25, 0.3) is 0 Å². The minimum absolute atomic E-state index is 0.158. The Labute approximate surface area is 128 Å². The van der Waals surface area contributed by atoms with Crippen molar-refractivity contribution in [2.75, 3.05) is 29.9 Å². The zero-order valence-corrected chi connectivity index (χ0v) is 14.1. The molecule has 5 nitrogen and oxygen atoms in total. The lowest BCUT2D eigenvalue weighted by Crippen LogP contribution is -2.52. The van der Waals surface area contributed by atoms with Gasteiger partial charge in [0.15, 0.2) is 0 Å². The van der Waals surface area contributed by atoms with E-state index in [0.717, 1.165) is 31.3 Å². The van der Waals surface area contributed by atoms with Crippen molar-refractivity contribution >= 4 is 11.6 Å². The molecule has 21 heavy (non-hydrogen) atoms. The number of nitrogens with zero attached hydrogens (tertiary/aromatic N) is 3. The van der Waals surface area contributed by atoms with Crippen LogP contribution in [-0.2, 0) is 4.74 Å². The van der Waals surface area contributed by atoms with Gasteiger partial charge >= 0.3 is 0 Å². The van der Waals surface area contributed by atoms with Crippen LogP contribution in [0.3, 0.4) is 0 Å². The lowest BCUT2D eigenvalue weighted by Gasteiger charge is -2.43. The molecule has 2 rings (SSSR count). The van der Waals surface area contributed by atoms with Crippen molar-refractivity contribution in [2.45, 2.75) is 59.2 Å². The largest absolute Gasteiger partial charge is 0.370 e. The second kappa shape index (κ2) is 6.18. The van der Waals surface area contributed by atoms with Gasteiger partial charge in [-0.25, -0.2) is 9.97 Å². The summed E-state index contributed by atoms with van der Waals surface area (Å²) in [4.78, 5) is 11.3. The molecule has 1 aromatic rings. The van der Waals surface area contributed by atoms with E-state index in [-0.39, 0.29) is 11.7 Å². The van der Waals surface area contributed by atoms with Crippen LogP contribution in [0.5, 0.6) is 0 Å². The Morgan fingerprint density at radius 1 is 1.43 bits per heavy atom. The summed E-state index contributed by atoms with van der Waals surface area (Å²) in [7, 11) is 0. The number of morpholine rings is 1. The standard InChI is InChI=1S/C16H28N4O/c1-7-17-14-13(11(2)3)15(19-10-18-14)20-8-12(4)21-16(5,6)9-20/h10-12H,7-9H2,1-6H3,(H,17,18,19). The van der Waals surface area contributed by atoms with Gasteiger partial charge in [0.05, 0.1) is 11.7 Å². The average molecular weight is 292 g/mol. The first-order valence-electron chi connectivity index (χ1n) is 7.85. The van der Waals surface area contributed by atoms with Crippen LogP contribution in [0, 0.1) is 0 Å². The minimum Gasteiger partial charge on any atom is -0.370 e. The van der Waals surface area contributed by atoms with Crippen molar-refractivity contribution in [3.05, 3.63) is 11.9 Å². The molecule has 0 bridgehead atoms. The number of aromatic nitrogens is 2. The summed E-state index contributed by atoms with van der Waals surface area (Å²) < 4.78 is 6.00. The lowest BCUT2D eigenvalue weighted by atomic mass is 10.0. The Bertz CT molecular complexity index is 487. The van der Waals surface area contributed by atoms with Crippen LogP contribution in [0.4, 0.5) is 11.6 Å². The van der Waals surface area contributed by atoms with Crippen LogP contribution in [0.15, 0.2) is 6.33 Å². The van der Waals surface area contributed by atoms with Gasteiger partial charge in [-0.15, -0.1) is 0 Å². The van der Waals surface area contributed by atoms with E-state index < -0.39 is 0 Å². The molecule has 5 heteroatoms. The summed E-state index contributed by atoms with van der Waals surface area (Å²) >= 11 is 0. The van der Waals surface area contributed by atoms with Gasteiger partial charge < -0.3 is 15.0 Å². The Morgan fingerprint density at radius 3 is 2.71 bits per heavy atom. The van der Waals surface area contributed by atoms with E-state index in [4.69, 9.17) is 4.74 Å². The van der Waals surface area contributed by atoms with E-state index in [1.807, 2.05) is 0 Å². The minimum atomic E-state index is -0.158. The molecule has 0 aromatic carbocycles.